The van der Waals surface area contributed by atoms with Gasteiger partial charge >= 0.3 is 23.9 Å². The zero-order chi connectivity index (χ0) is 18.9. The number of rotatable bonds is 13. The third kappa shape index (κ3) is 7.43. The Labute approximate surface area is 140 Å². The smallest absolute Gasteiger partial charge is 0.303 e. The van der Waals surface area contributed by atoms with E-state index in [-0.39, 0.29) is 38.5 Å². The Kier molecular flexibility index (Phi) is 9.02. The molecule has 0 spiro atoms. The van der Waals surface area contributed by atoms with Gasteiger partial charge in [-0.3, -0.25) is 19.2 Å². The molecule has 0 heterocycles. The van der Waals surface area contributed by atoms with E-state index in [1.54, 1.807) is 13.8 Å². The van der Waals surface area contributed by atoms with Gasteiger partial charge in [-0.15, -0.1) is 0 Å². The first-order valence-corrected chi connectivity index (χ1v) is 7.90. The van der Waals surface area contributed by atoms with Crippen LogP contribution < -0.4 is 0 Å². The molecule has 0 aromatic rings. The number of hydrogen-bond donors (Lipinski definition) is 4. The zero-order valence-corrected chi connectivity index (χ0v) is 14.0. The van der Waals surface area contributed by atoms with Crippen molar-refractivity contribution < 1.29 is 39.6 Å². The van der Waals surface area contributed by atoms with E-state index in [1.165, 1.54) is 0 Å². The van der Waals surface area contributed by atoms with E-state index in [0.717, 1.165) is 0 Å². The minimum atomic E-state index is -1.09. The molecule has 0 bridgehead atoms. The molecule has 0 saturated heterocycles. The highest BCUT2D eigenvalue weighted by Crippen LogP contribution is 2.46. The first-order valence-electron chi connectivity index (χ1n) is 7.90. The summed E-state index contributed by atoms with van der Waals surface area (Å²) in [6.45, 7) is 3.52. The number of carboxylic acids is 4. The van der Waals surface area contributed by atoms with E-state index < -0.39 is 41.1 Å². The first-order chi connectivity index (χ1) is 11.0. The van der Waals surface area contributed by atoms with E-state index in [1.807, 2.05) is 0 Å². The van der Waals surface area contributed by atoms with E-state index >= 15 is 0 Å². The van der Waals surface area contributed by atoms with Crippen LogP contribution in [0, 0.1) is 17.3 Å². The maximum atomic E-state index is 11.2. The lowest BCUT2D eigenvalue weighted by Crippen LogP contribution is -2.38. The Morgan fingerprint density at radius 3 is 1.29 bits per heavy atom. The number of carboxylic acid groups (broad SMARTS) is 4. The largest absolute Gasteiger partial charge is 0.481 e. The third-order valence-electron chi connectivity index (χ3n) is 4.88. The van der Waals surface area contributed by atoms with Gasteiger partial charge in [-0.2, -0.15) is 0 Å². The summed E-state index contributed by atoms with van der Waals surface area (Å²) in [5.74, 6) is -5.37. The van der Waals surface area contributed by atoms with Gasteiger partial charge in [0.15, 0.2) is 0 Å². The Morgan fingerprint density at radius 1 is 0.750 bits per heavy atom. The van der Waals surface area contributed by atoms with E-state index in [9.17, 15) is 19.2 Å². The fourth-order valence-electron chi connectivity index (χ4n) is 3.26. The van der Waals surface area contributed by atoms with Crippen LogP contribution in [-0.4, -0.2) is 44.3 Å². The van der Waals surface area contributed by atoms with Crippen LogP contribution in [0.5, 0.6) is 0 Å². The van der Waals surface area contributed by atoms with Gasteiger partial charge in [0.25, 0.3) is 0 Å². The minimum absolute atomic E-state index is 0.106. The SMILES string of the molecule is CCC(C)(C(CCC(=O)O)CC(=O)O)C(CCC(=O)O)CC(=O)O. The predicted molar refractivity (Wildman–Crippen MR) is 83.6 cm³/mol. The predicted octanol–water partition coefficient (Wildman–Crippen LogP) is 2.31. The average molecular weight is 346 g/mol. The topological polar surface area (TPSA) is 149 Å². The maximum absolute atomic E-state index is 11.2. The second kappa shape index (κ2) is 9.89. The Bertz CT molecular complexity index is 433. The van der Waals surface area contributed by atoms with Crippen LogP contribution in [0.25, 0.3) is 0 Å². The number of aliphatic carboxylic acids is 4. The van der Waals surface area contributed by atoms with Gasteiger partial charge < -0.3 is 20.4 Å². The molecule has 8 nitrogen and oxygen atoms in total. The van der Waals surface area contributed by atoms with Gasteiger partial charge in [0, 0.05) is 25.7 Å². The summed E-state index contributed by atoms with van der Waals surface area (Å²) in [6.07, 6.45) is -0.341. The molecule has 0 aliphatic carbocycles. The zero-order valence-electron chi connectivity index (χ0n) is 14.0. The van der Waals surface area contributed by atoms with Crippen LogP contribution in [-0.2, 0) is 19.2 Å². The van der Waals surface area contributed by atoms with Crippen molar-refractivity contribution in [1.82, 2.24) is 0 Å². The van der Waals surface area contributed by atoms with Gasteiger partial charge in [0.2, 0.25) is 0 Å². The number of carbonyl (C=O) groups is 4. The highest BCUT2D eigenvalue weighted by Gasteiger charge is 2.41. The molecule has 0 aromatic carbocycles. The molecule has 8 heteroatoms. The molecule has 0 aliphatic rings. The monoisotopic (exact) mass is 346 g/mol. The summed E-state index contributed by atoms with van der Waals surface area (Å²) in [4.78, 5) is 44.0. The van der Waals surface area contributed by atoms with E-state index in [0.29, 0.717) is 6.42 Å². The molecule has 138 valence electrons. The summed E-state index contributed by atoms with van der Waals surface area (Å²) < 4.78 is 0. The van der Waals surface area contributed by atoms with Crippen LogP contribution >= 0.6 is 0 Å². The van der Waals surface area contributed by atoms with Crippen LogP contribution in [0.3, 0.4) is 0 Å². The second-order valence-corrected chi connectivity index (χ2v) is 6.31. The fraction of sp³-hybridized carbons (Fsp3) is 0.750. The molecule has 0 aliphatic heterocycles. The van der Waals surface area contributed by atoms with Crippen molar-refractivity contribution in [1.29, 1.82) is 0 Å². The molecule has 0 aromatic heterocycles. The van der Waals surface area contributed by atoms with Crippen molar-refractivity contribution in [3.63, 3.8) is 0 Å². The summed E-state index contributed by atoms with van der Waals surface area (Å²) >= 11 is 0. The van der Waals surface area contributed by atoms with Crippen LogP contribution in [0.15, 0.2) is 0 Å². The molecular formula is C16H26O8. The second-order valence-electron chi connectivity index (χ2n) is 6.31. The van der Waals surface area contributed by atoms with Crippen LogP contribution in [0.1, 0.15) is 58.8 Å². The highest BCUT2D eigenvalue weighted by atomic mass is 16.4. The number of hydrogen-bond acceptors (Lipinski definition) is 4. The van der Waals surface area contributed by atoms with Gasteiger partial charge in [-0.05, 0) is 30.1 Å². The fourth-order valence-corrected chi connectivity index (χ4v) is 3.26. The van der Waals surface area contributed by atoms with Crippen molar-refractivity contribution in [2.45, 2.75) is 58.8 Å². The van der Waals surface area contributed by atoms with Crippen LogP contribution in [0.2, 0.25) is 0 Å². The Morgan fingerprint density at radius 2 is 1.08 bits per heavy atom. The van der Waals surface area contributed by atoms with Crippen molar-refractivity contribution in [2.24, 2.45) is 17.3 Å². The van der Waals surface area contributed by atoms with Gasteiger partial charge in [0.05, 0.1) is 0 Å². The lowest BCUT2D eigenvalue weighted by atomic mass is 9.61. The summed E-state index contributed by atoms with van der Waals surface area (Å²) in [5.41, 5.74) is -0.776. The lowest BCUT2D eigenvalue weighted by molar-refractivity contribution is -0.145. The highest BCUT2D eigenvalue weighted by molar-refractivity contribution is 5.69. The van der Waals surface area contributed by atoms with Gasteiger partial charge in [-0.1, -0.05) is 20.3 Å². The van der Waals surface area contributed by atoms with Crippen molar-refractivity contribution in [2.75, 3.05) is 0 Å². The third-order valence-corrected chi connectivity index (χ3v) is 4.88. The average Bonchev–Trinajstić information content (AvgIpc) is 2.45. The standard InChI is InChI=1S/C16H26O8/c1-3-16(2,10(8-14(21)22)4-6-12(17)18)11(9-15(23)24)5-7-13(19)20/h10-11H,3-9H2,1-2H3,(H,17,18)(H,19,20)(H,21,22)(H,23,24). The quantitative estimate of drug-likeness (QED) is 0.397. The molecular weight excluding hydrogens is 320 g/mol. The summed E-state index contributed by atoms with van der Waals surface area (Å²) in [7, 11) is 0. The lowest BCUT2D eigenvalue weighted by Gasteiger charge is -2.43. The van der Waals surface area contributed by atoms with E-state index in [4.69, 9.17) is 20.4 Å². The van der Waals surface area contributed by atoms with Crippen molar-refractivity contribution >= 4 is 23.9 Å². The molecule has 2 atom stereocenters. The normalized spacial score (nSPS) is 15.9. The molecule has 2 unspecified atom stereocenters. The molecule has 0 amide bonds. The summed E-state index contributed by atoms with van der Waals surface area (Å²) in [5, 5.41) is 36.0. The van der Waals surface area contributed by atoms with Crippen molar-refractivity contribution in [3.05, 3.63) is 0 Å². The Balaban J connectivity index is 5.56. The molecule has 24 heavy (non-hydrogen) atoms. The first kappa shape index (κ1) is 21.9. The molecule has 4 N–H and O–H groups in total. The molecule has 0 saturated carbocycles. The van der Waals surface area contributed by atoms with E-state index in [2.05, 4.69) is 0 Å². The van der Waals surface area contributed by atoms with Crippen LogP contribution in [0.4, 0.5) is 0 Å². The van der Waals surface area contributed by atoms with Gasteiger partial charge in [-0.25, -0.2) is 0 Å². The van der Waals surface area contributed by atoms with Gasteiger partial charge in [0.1, 0.15) is 0 Å². The Hall–Kier alpha value is -2.12. The minimum Gasteiger partial charge on any atom is -0.481 e. The maximum Gasteiger partial charge on any atom is 0.303 e. The molecule has 0 radical (unpaired) electrons. The molecule has 0 rings (SSSR count). The molecule has 0 fully saturated rings. The van der Waals surface area contributed by atoms with Crippen molar-refractivity contribution in [3.8, 4) is 0 Å². The summed E-state index contributed by atoms with van der Waals surface area (Å²) in [6, 6.07) is 0.